The van der Waals surface area contributed by atoms with Crippen molar-refractivity contribution in [3.05, 3.63) is 42.0 Å². The first-order valence-corrected chi connectivity index (χ1v) is 7.89. The number of esters is 1. The first-order chi connectivity index (χ1) is 11.9. The second-order valence-corrected chi connectivity index (χ2v) is 5.44. The van der Waals surface area contributed by atoms with Crippen LogP contribution in [-0.4, -0.2) is 42.1 Å². The lowest BCUT2D eigenvalue weighted by molar-refractivity contribution is -0.130. The fourth-order valence-electron chi connectivity index (χ4n) is 2.30. The lowest BCUT2D eigenvalue weighted by atomic mass is 10.1. The Morgan fingerprint density at radius 3 is 2.60 bits per heavy atom. The summed E-state index contributed by atoms with van der Waals surface area (Å²) in [6, 6.07) is 9.44. The maximum Gasteiger partial charge on any atom is 0.342 e. The second-order valence-electron chi connectivity index (χ2n) is 5.44. The van der Waals surface area contributed by atoms with Crippen LogP contribution in [0.1, 0.15) is 24.2 Å². The van der Waals surface area contributed by atoms with Crippen LogP contribution in [-0.2, 0) is 14.3 Å². The van der Waals surface area contributed by atoms with Gasteiger partial charge in [-0.1, -0.05) is 30.3 Å². The molecule has 0 aromatic heterocycles. The van der Waals surface area contributed by atoms with Gasteiger partial charge in [-0.15, -0.1) is 0 Å². The van der Waals surface area contributed by atoms with E-state index in [4.69, 9.17) is 4.74 Å². The van der Waals surface area contributed by atoms with Gasteiger partial charge >= 0.3 is 5.97 Å². The van der Waals surface area contributed by atoms with Gasteiger partial charge in [-0.05, 0) is 25.3 Å². The largest absolute Gasteiger partial charge is 0.506 e. The summed E-state index contributed by atoms with van der Waals surface area (Å²) in [5.74, 6) is -1.94. The summed E-state index contributed by atoms with van der Waals surface area (Å²) < 4.78 is 4.92. The molecule has 132 valence electrons. The third-order valence-electron chi connectivity index (χ3n) is 3.58. The van der Waals surface area contributed by atoms with E-state index in [0.717, 1.165) is 5.39 Å². The van der Waals surface area contributed by atoms with E-state index >= 15 is 0 Å². The van der Waals surface area contributed by atoms with Crippen LogP contribution in [0.15, 0.2) is 36.4 Å². The van der Waals surface area contributed by atoms with Crippen molar-refractivity contribution in [2.75, 3.05) is 13.2 Å². The van der Waals surface area contributed by atoms with Gasteiger partial charge in [0, 0.05) is 11.9 Å². The summed E-state index contributed by atoms with van der Waals surface area (Å²) in [5.41, 5.74) is -0.0247. The third kappa shape index (κ3) is 4.47. The van der Waals surface area contributed by atoms with E-state index in [1.165, 1.54) is 13.0 Å². The smallest absolute Gasteiger partial charge is 0.342 e. The highest BCUT2D eigenvalue weighted by molar-refractivity contribution is 6.01. The van der Waals surface area contributed by atoms with Gasteiger partial charge < -0.3 is 20.5 Å². The highest BCUT2D eigenvalue weighted by Gasteiger charge is 2.18. The Morgan fingerprint density at radius 1 is 1.16 bits per heavy atom. The minimum Gasteiger partial charge on any atom is -0.506 e. The van der Waals surface area contributed by atoms with Gasteiger partial charge in [0.1, 0.15) is 17.4 Å². The number of hydrogen-bond acceptors (Lipinski definition) is 5. The molecular formula is C18H20N2O5. The molecule has 0 heterocycles. The predicted octanol–water partition coefficient (Wildman–Crippen LogP) is 1.34. The molecule has 7 heteroatoms. The molecule has 0 radical (unpaired) electrons. The van der Waals surface area contributed by atoms with Crippen LogP contribution in [0.5, 0.6) is 5.75 Å². The van der Waals surface area contributed by atoms with Crippen molar-refractivity contribution in [3.8, 4) is 5.75 Å². The number of benzene rings is 2. The Balaban J connectivity index is 1.97. The summed E-state index contributed by atoms with van der Waals surface area (Å²) in [6.07, 6.45) is 0. The monoisotopic (exact) mass is 344 g/mol. The molecule has 25 heavy (non-hydrogen) atoms. The molecule has 2 amide bonds. The van der Waals surface area contributed by atoms with Crippen molar-refractivity contribution in [2.24, 2.45) is 0 Å². The Bertz CT molecular complexity index is 803. The molecule has 0 aliphatic heterocycles. The molecule has 2 aromatic rings. The van der Waals surface area contributed by atoms with Gasteiger partial charge in [-0.25, -0.2) is 4.79 Å². The van der Waals surface area contributed by atoms with Gasteiger partial charge in [-0.2, -0.15) is 0 Å². The number of carbonyl (C=O) groups is 3. The summed E-state index contributed by atoms with van der Waals surface area (Å²) >= 11 is 0. The number of phenols is 1. The van der Waals surface area contributed by atoms with Gasteiger partial charge in [0.05, 0.1) is 0 Å². The number of carbonyl (C=O) groups excluding carboxylic acids is 3. The van der Waals surface area contributed by atoms with E-state index in [-0.39, 0.29) is 17.2 Å². The number of aromatic hydroxyl groups is 1. The number of ether oxygens (including phenoxy) is 1. The summed E-state index contributed by atoms with van der Waals surface area (Å²) in [4.78, 5) is 35.4. The summed E-state index contributed by atoms with van der Waals surface area (Å²) in [5, 5.41) is 16.5. The van der Waals surface area contributed by atoms with E-state index in [9.17, 15) is 19.5 Å². The lowest BCUT2D eigenvalue weighted by Crippen LogP contribution is -2.46. The van der Waals surface area contributed by atoms with Crippen LogP contribution < -0.4 is 10.6 Å². The third-order valence-corrected chi connectivity index (χ3v) is 3.58. The summed E-state index contributed by atoms with van der Waals surface area (Å²) in [7, 11) is 0. The van der Waals surface area contributed by atoms with Crippen LogP contribution in [0.25, 0.3) is 10.8 Å². The maximum atomic E-state index is 12.1. The molecular weight excluding hydrogens is 324 g/mol. The topological polar surface area (TPSA) is 105 Å². The van der Waals surface area contributed by atoms with Crippen molar-refractivity contribution in [1.82, 2.24) is 10.6 Å². The second kappa shape index (κ2) is 8.14. The van der Waals surface area contributed by atoms with E-state index < -0.39 is 24.5 Å². The molecule has 7 nitrogen and oxygen atoms in total. The minimum atomic E-state index is -0.816. The van der Waals surface area contributed by atoms with Crippen LogP contribution in [0, 0.1) is 0 Å². The number of rotatable bonds is 6. The first kappa shape index (κ1) is 18.3. The zero-order valence-electron chi connectivity index (χ0n) is 14.0. The number of nitrogens with one attached hydrogen (secondary N) is 2. The minimum absolute atomic E-state index is 0.0247. The molecule has 0 aliphatic carbocycles. The number of fused-ring (bicyclic) bond motifs is 1. The molecule has 0 saturated heterocycles. The SMILES string of the molecule is CCNC(=O)[C@@H](C)NC(=O)COC(=O)c1ccc2ccccc2c1O. The van der Waals surface area contributed by atoms with E-state index in [2.05, 4.69) is 10.6 Å². The number of phenolic OH excluding ortho intramolecular Hbond substituents is 1. The van der Waals surface area contributed by atoms with E-state index in [0.29, 0.717) is 11.9 Å². The molecule has 2 rings (SSSR count). The molecule has 0 saturated carbocycles. The molecule has 2 aromatic carbocycles. The maximum absolute atomic E-state index is 12.1. The molecule has 3 N–H and O–H groups in total. The summed E-state index contributed by atoms with van der Waals surface area (Å²) in [6.45, 7) is 3.20. The Labute approximate surface area is 145 Å². The molecule has 0 bridgehead atoms. The Hall–Kier alpha value is -3.09. The highest BCUT2D eigenvalue weighted by Crippen LogP contribution is 2.28. The predicted molar refractivity (Wildman–Crippen MR) is 92.2 cm³/mol. The molecule has 0 spiro atoms. The van der Waals surface area contributed by atoms with Crippen LogP contribution in [0.3, 0.4) is 0 Å². The van der Waals surface area contributed by atoms with Crippen molar-refractivity contribution in [3.63, 3.8) is 0 Å². The zero-order chi connectivity index (χ0) is 18.4. The number of amides is 2. The zero-order valence-corrected chi connectivity index (χ0v) is 14.0. The van der Waals surface area contributed by atoms with Crippen LogP contribution in [0.4, 0.5) is 0 Å². The highest BCUT2D eigenvalue weighted by atomic mass is 16.5. The van der Waals surface area contributed by atoms with Gasteiger partial charge in [0.2, 0.25) is 5.91 Å². The quantitative estimate of drug-likeness (QED) is 0.686. The lowest BCUT2D eigenvalue weighted by Gasteiger charge is -2.13. The Kier molecular flexibility index (Phi) is 5.94. The van der Waals surface area contributed by atoms with Crippen molar-refractivity contribution in [2.45, 2.75) is 19.9 Å². The average molecular weight is 344 g/mol. The molecule has 1 atom stereocenters. The normalized spacial score (nSPS) is 11.6. The standard InChI is InChI=1S/C18H20N2O5/c1-3-19-17(23)11(2)20-15(21)10-25-18(24)14-9-8-12-6-4-5-7-13(12)16(14)22/h4-9,11,22H,3,10H2,1-2H3,(H,19,23)(H,20,21)/t11-/m1/s1. The van der Waals surface area contributed by atoms with E-state index in [1.807, 2.05) is 6.07 Å². The first-order valence-electron chi connectivity index (χ1n) is 7.89. The molecule has 0 aliphatic rings. The van der Waals surface area contributed by atoms with Crippen molar-refractivity contribution < 1.29 is 24.2 Å². The van der Waals surface area contributed by atoms with Crippen LogP contribution >= 0.6 is 0 Å². The van der Waals surface area contributed by atoms with E-state index in [1.54, 1.807) is 31.2 Å². The average Bonchev–Trinajstić information content (AvgIpc) is 2.60. The Morgan fingerprint density at radius 2 is 1.88 bits per heavy atom. The molecule has 0 unspecified atom stereocenters. The van der Waals surface area contributed by atoms with Gasteiger partial charge in [0.25, 0.3) is 5.91 Å². The van der Waals surface area contributed by atoms with Crippen molar-refractivity contribution in [1.29, 1.82) is 0 Å². The van der Waals surface area contributed by atoms with Gasteiger partial charge in [0.15, 0.2) is 6.61 Å². The number of hydrogen-bond donors (Lipinski definition) is 3. The fourth-order valence-corrected chi connectivity index (χ4v) is 2.30. The van der Waals surface area contributed by atoms with Gasteiger partial charge in [-0.3, -0.25) is 9.59 Å². The fraction of sp³-hybridized carbons (Fsp3) is 0.278. The molecule has 0 fully saturated rings. The van der Waals surface area contributed by atoms with Crippen LogP contribution in [0.2, 0.25) is 0 Å². The van der Waals surface area contributed by atoms with Crippen molar-refractivity contribution >= 4 is 28.6 Å². The number of likely N-dealkylation sites (N-methyl/N-ethyl adjacent to an activating group) is 1.